The lowest BCUT2D eigenvalue weighted by Crippen LogP contribution is -2.36. The molecule has 0 unspecified atom stereocenters. The van der Waals surface area contributed by atoms with E-state index in [1.54, 1.807) is 0 Å². The smallest absolute Gasteiger partial charge is 0.225 e. The number of carbonyl (C=O) groups is 1. The van der Waals surface area contributed by atoms with Crippen molar-refractivity contribution in [2.24, 2.45) is 5.41 Å². The predicted molar refractivity (Wildman–Crippen MR) is 80.0 cm³/mol. The van der Waals surface area contributed by atoms with Crippen molar-refractivity contribution in [2.45, 2.75) is 33.7 Å². The normalized spacial score (nSPS) is 13.3. The summed E-state index contributed by atoms with van der Waals surface area (Å²) in [6.45, 7) is 7.80. The maximum atomic E-state index is 12.0. The third-order valence-corrected chi connectivity index (χ3v) is 3.30. The Balaban J connectivity index is 2.22. The number of rotatable bonds is 2. The van der Waals surface area contributed by atoms with Crippen LogP contribution in [0, 0.1) is 5.41 Å². The molecule has 0 spiro atoms. The number of fused-ring (bicyclic) bond motifs is 1. The molecule has 1 atom stereocenters. The number of hydrogen-bond donors (Lipinski definition) is 1. The van der Waals surface area contributed by atoms with E-state index in [2.05, 4.69) is 35.6 Å². The van der Waals surface area contributed by atoms with Gasteiger partial charge in [0.15, 0.2) is 0 Å². The van der Waals surface area contributed by atoms with Crippen molar-refractivity contribution in [1.82, 2.24) is 5.32 Å². The van der Waals surface area contributed by atoms with Crippen LogP contribution in [0.25, 0.3) is 10.8 Å². The van der Waals surface area contributed by atoms with Crippen LogP contribution in [0.3, 0.4) is 0 Å². The van der Waals surface area contributed by atoms with Crippen molar-refractivity contribution in [2.75, 3.05) is 0 Å². The van der Waals surface area contributed by atoms with Crippen LogP contribution in [0.4, 0.5) is 0 Å². The molecule has 0 aliphatic carbocycles. The van der Waals surface area contributed by atoms with Gasteiger partial charge >= 0.3 is 0 Å². The van der Waals surface area contributed by atoms with Gasteiger partial charge in [-0.3, -0.25) is 4.79 Å². The average Bonchev–Trinajstić information content (AvgIpc) is 2.37. The molecule has 0 aromatic heterocycles. The standard InChI is InChI=1S/C17H21NO/c1-12(18-16(19)17(2,3)4)14-10-9-13-7-5-6-8-15(13)11-14/h5-12H,1-4H3,(H,18,19)/t12-/m0/s1. The first kappa shape index (κ1) is 13.6. The molecular formula is C17H21NO. The second kappa shape index (κ2) is 5.04. The lowest BCUT2D eigenvalue weighted by molar-refractivity contribution is -0.129. The molecule has 2 heteroatoms. The molecular weight excluding hydrogens is 234 g/mol. The Bertz CT molecular complexity index is 595. The van der Waals surface area contributed by atoms with Crippen molar-refractivity contribution in [3.8, 4) is 0 Å². The van der Waals surface area contributed by atoms with Gasteiger partial charge in [-0.25, -0.2) is 0 Å². The van der Waals surface area contributed by atoms with Gasteiger partial charge in [0.2, 0.25) is 5.91 Å². The highest BCUT2D eigenvalue weighted by Gasteiger charge is 2.22. The molecule has 0 saturated heterocycles. The molecule has 0 aliphatic heterocycles. The quantitative estimate of drug-likeness (QED) is 0.861. The Labute approximate surface area is 114 Å². The molecule has 0 fully saturated rings. The van der Waals surface area contributed by atoms with Crippen molar-refractivity contribution < 1.29 is 4.79 Å². The Morgan fingerprint density at radius 2 is 1.68 bits per heavy atom. The lowest BCUT2D eigenvalue weighted by Gasteiger charge is -2.22. The highest BCUT2D eigenvalue weighted by molar-refractivity contribution is 5.84. The highest BCUT2D eigenvalue weighted by atomic mass is 16.2. The van der Waals surface area contributed by atoms with Crippen molar-refractivity contribution >= 4 is 16.7 Å². The topological polar surface area (TPSA) is 29.1 Å². The van der Waals surface area contributed by atoms with Gasteiger partial charge in [-0.1, -0.05) is 57.2 Å². The van der Waals surface area contributed by atoms with Gasteiger partial charge in [-0.15, -0.1) is 0 Å². The van der Waals surface area contributed by atoms with E-state index < -0.39 is 0 Å². The molecule has 1 amide bonds. The molecule has 2 aromatic carbocycles. The van der Waals surface area contributed by atoms with E-state index in [0.717, 1.165) is 5.56 Å². The Morgan fingerprint density at radius 3 is 2.32 bits per heavy atom. The van der Waals surface area contributed by atoms with Crippen LogP contribution in [0.1, 0.15) is 39.3 Å². The number of carbonyl (C=O) groups excluding carboxylic acids is 1. The second-order valence-corrected chi connectivity index (χ2v) is 6.05. The monoisotopic (exact) mass is 255 g/mol. The van der Waals surface area contributed by atoms with Crippen LogP contribution < -0.4 is 5.32 Å². The summed E-state index contributed by atoms with van der Waals surface area (Å²) < 4.78 is 0. The van der Waals surface area contributed by atoms with Crippen LogP contribution in [0.5, 0.6) is 0 Å². The van der Waals surface area contributed by atoms with Crippen molar-refractivity contribution in [3.05, 3.63) is 48.0 Å². The Kier molecular flexibility index (Phi) is 3.61. The first-order chi connectivity index (χ1) is 8.88. The summed E-state index contributed by atoms with van der Waals surface area (Å²) in [6, 6.07) is 14.6. The van der Waals surface area contributed by atoms with Gasteiger partial charge in [0, 0.05) is 5.41 Å². The molecule has 1 N–H and O–H groups in total. The first-order valence-corrected chi connectivity index (χ1v) is 6.67. The predicted octanol–water partition coefficient (Wildman–Crippen LogP) is 4.06. The maximum Gasteiger partial charge on any atom is 0.225 e. The van der Waals surface area contributed by atoms with Gasteiger partial charge in [0.05, 0.1) is 6.04 Å². The molecule has 0 bridgehead atoms. The largest absolute Gasteiger partial charge is 0.349 e. The fourth-order valence-corrected chi connectivity index (χ4v) is 1.97. The zero-order valence-electron chi connectivity index (χ0n) is 12.0. The summed E-state index contributed by atoms with van der Waals surface area (Å²) in [6.07, 6.45) is 0. The van der Waals surface area contributed by atoms with Gasteiger partial charge < -0.3 is 5.32 Å². The molecule has 0 aliphatic rings. The summed E-state index contributed by atoms with van der Waals surface area (Å²) in [5.41, 5.74) is 0.779. The molecule has 2 nitrogen and oxygen atoms in total. The molecule has 2 rings (SSSR count). The van der Waals surface area contributed by atoms with E-state index >= 15 is 0 Å². The van der Waals surface area contributed by atoms with Crippen molar-refractivity contribution in [1.29, 1.82) is 0 Å². The van der Waals surface area contributed by atoms with Gasteiger partial charge in [-0.05, 0) is 29.3 Å². The third kappa shape index (κ3) is 3.14. The van der Waals surface area contributed by atoms with Crippen molar-refractivity contribution in [3.63, 3.8) is 0 Å². The van der Waals surface area contributed by atoms with Crippen LogP contribution in [-0.4, -0.2) is 5.91 Å². The SMILES string of the molecule is C[C@H](NC(=O)C(C)(C)C)c1ccc2ccccc2c1. The minimum absolute atomic E-state index is 0.0244. The van der Waals surface area contributed by atoms with Crippen LogP contribution >= 0.6 is 0 Å². The summed E-state index contributed by atoms with van der Waals surface area (Å²) in [5.74, 6) is 0.0770. The molecule has 19 heavy (non-hydrogen) atoms. The first-order valence-electron chi connectivity index (χ1n) is 6.67. The zero-order chi connectivity index (χ0) is 14.0. The molecule has 100 valence electrons. The maximum absolute atomic E-state index is 12.0. The number of amides is 1. The van der Waals surface area contributed by atoms with Gasteiger partial charge in [-0.2, -0.15) is 0 Å². The van der Waals surface area contributed by atoms with Crippen LogP contribution in [-0.2, 0) is 4.79 Å². The fraction of sp³-hybridized carbons (Fsp3) is 0.353. The minimum atomic E-state index is -0.356. The molecule has 2 aromatic rings. The number of nitrogens with one attached hydrogen (secondary N) is 1. The van der Waals surface area contributed by atoms with Gasteiger partial charge in [0.1, 0.15) is 0 Å². The van der Waals surface area contributed by atoms with Crippen LogP contribution in [0.2, 0.25) is 0 Å². The molecule has 0 radical (unpaired) electrons. The van der Waals surface area contributed by atoms with Gasteiger partial charge in [0.25, 0.3) is 0 Å². The lowest BCUT2D eigenvalue weighted by atomic mass is 9.94. The molecule has 0 heterocycles. The Hall–Kier alpha value is -1.83. The van der Waals surface area contributed by atoms with E-state index in [9.17, 15) is 4.79 Å². The summed E-state index contributed by atoms with van der Waals surface area (Å²) in [4.78, 5) is 12.0. The second-order valence-electron chi connectivity index (χ2n) is 6.05. The fourth-order valence-electron chi connectivity index (χ4n) is 1.97. The summed E-state index contributed by atoms with van der Waals surface area (Å²) in [5, 5.41) is 5.49. The summed E-state index contributed by atoms with van der Waals surface area (Å²) in [7, 11) is 0. The Morgan fingerprint density at radius 1 is 1.05 bits per heavy atom. The average molecular weight is 255 g/mol. The number of benzene rings is 2. The molecule has 0 saturated carbocycles. The third-order valence-electron chi connectivity index (χ3n) is 3.30. The number of hydrogen-bond acceptors (Lipinski definition) is 1. The van der Waals surface area contributed by atoms with E-state index in [-0.39, 0.29) is 17.4 Å². The van der Waals surface area contributed by atoms with E-state index in [0.29, 0.717) is 0 Å². The summed E-state index contributed by atoms with van der Waals surface area (Å²) >= 11 is 0. The van der Waals surface area contributed by atoms with E-state index in [1.807, 2.05) is 39.8 Å². The zero-order valence-corrected chi connectivity index (χ0v) is 12.0. The van der Waals surface area contributed by atoms with Crippen LogP contribution in [0.15, 0.2) is 42.5 Å². The van der Waals surface area contributed by atoms with E-state index in [4.69, 9.17) is 0 Å². The minimum Gasteiger partial charge on any atom is -0.349 e. The highest BCUT2D eigenvalue weighted by Crippen LogP contribution is 2.22. The van der Waals surface area contributed by atoms with E-state index in [1.165, 1.54) is 10.8 Å².